The van der Waals surface area contributed by atoms with E-state index in [0.29, 0.717) is 12.1 Å². The Morgan fingerprint density at radius 3 is 2.13 bits per heavy atom. The molecule has 0 aliphatic rings. The van der Waals surface area contributed by atoms with Crippen LogP contribution in [0.4, 0.5) is 10.1 Å². The molecule has 1 N–H and O–H groups in total. The molecule has 1 atom stereocenters. The van der Waals surface area contributed by atoms with Gasteiger partial charge in [-0.3, -0.25) is 13.9 Å². The van der Waals surface area contributed by atoms with E-state index in [1.54, 1.807) is 50.2 Å². The number of hydrogen-bond donors (Lipinski definition) is 1. The van der Waals surface area contributed by atoms with Crippen LogP contribution in [0.2, 0.25) is 15.1 Å². The van der Waals surface area contributed by atoms with Crippen LogP contribution in [0.3, 0.4) is 0 Å². The van der Waals surface area contributed by atoms with Crippen LogP contribution in [0.15, 0.2) is 71.6 Å². The normalized spacial score (nSPS) is 12.1. The Bertz CT molecular complexity index is 1420. The second-order valence-corrected chi connectivity index (χ2v) is 11.5. The molecule has 0 heterocycles. The highest BCUT2D eigenvalue weighted by molar-refractivity contribution is 7.92. The number of halogens is 4. The van der Waals surface area contributed by atoms with Crippen molar-refractivity contribution in [2.45, 2.75) is 37.8 Å². The summed E-state index contributed by atoms with van der Waals surface area (Å²) in [5, 5.41) is 2.96. The topological polar surface area (TPSA) is 86.8 Å². The van der Waals surface area contributed by atoms with Gasteiger partial charge in [-0.15, -0.1) is 0 Å². The highest BCUT2D eigenvalue weighted by Crippen LogP contribution is 2.30. The van der Waals surface area contributed by atoms with Gasteiger partial charge in [0.2, 0.25) is 11.8 Å². The Labute approximate surface area is 242 Å². The standard InChI is InChI=1S/C27H27Cl3FN3O4S/c1-3-25(27(36)32-4-2)33(16-20-21(28)11-8-12-22(20)29)26(35)17-34(18-13-14-24(31)23(30)15-18)39(37,38)19-9-6-5-7-10-19/h5-15,25H,3-4,16-17H2,1-2H3,(H,32,36)/t25-/m1/s1. The highest BCUT2D eigenvalue weighted by atomic mass is 35.5. The number of sulfonamides is 1. The summed E-state index contributed by atoms with van der Waals surface area (Å²) in [6.07, 6.45) is 0.230. The van der Waals surface area contributed by atoms with Crippen molar-refractivity contribution in [3.05, 3.63) is 93.2 Å². The number of likely N-dealkylation sites (N-methyl/N-ethyl adjacent to an activating group) is 1. The smallest absolute Gasteiger partial charge is 0.264 e. The predicted octanol–water partition coefficient (Wildman–Crippen LogP) is 5.92. The van der Waals surface area contributed by atoms with E-state index in [1.165, 1.54) is 23.1 Å². The number of benzene rings is 3. The van der Waals surface area contributed by atoms with Crippen LogP contribution in [0.25, 0.3) is 0 Å². The summed E-state index contributed by atoms with van der Waals surface area (Å²) in [4.78, 5) is 28.1. The van der Waals surface area contributed by atoms with Crippen LogP contribution in [-0.2, 0) is 26.2 Å². The van der Waals surface area contributed by atoms with Crippen LogP contribution in [0.1, 0.15) is 25.8 Å². The first-order valence-electron chi connectivity index (χ1n) is 12.0. The van der Waals surface area contributed by atoms with E-state index < -0.39 is 40.2 Å². The molecular formula is C27H27Cl3FN3O4S. The van der Waals surface area contributed by atoms with Crippen molar-refractivity contribution < 1.29 is 22.4 Å². The number of hydrogen-bond acceptors (Lipinski definition) is 4. The van der Waals surface area contributed by atoms with Crippen LogP contribution in [0, 0.1) is 5.82 Å². The molecule has 0 unspecified atom stereocenters. The molecule has 0 bridgehead atoms. The third-order valence-corrected chi connectivity index (χ3v) is 8.71. The first kappa shape index (κ1) is 30.7. The Hall–Kier alpha value is -2.85. The molecule has 208 valence electrons. The largest absolute Gasteiger partial charge is 0.355 e. The molecule has 0 aliphatic carbocycles. The highest BCUT2D eigenvalue weighted by Gasteiger charge is 2.34. The number of rotatable bonds is 11. The van der Waals surface area contributed by atoms with Crippen molar-refractivity contribution in [2.24, 2.45) is 0 Å². The maximum Gasteiger partial charge on any atom is 0.264 e. The molecule has 0 saturated heterocycles. The number of nitrogens with zero attached hydrogens (tertiary/aromatic N) is 2. The third kappa shape index (κ3) is 7.22. The van der Waals surface area contributed by atoms with Gasteiger partial charge in [-0.05, 0) is 55.8 Å². The van der Waals surface area contributed by atoms with Crippen LogP contribution in [0.5, 0.6) is 0 Å². The number of nitrogens with one attached hydrogen (secondary N) is 1. The molecule has 0 aliphatic heterocycles. The fourth-order valence-corrected chi connectivity index (χ4v) is 6.07. The third-order valence-electron chi connectivity index (χ3n) is 5.93. The van der Waals surface area contributed by atoms with E-state index in [1.807, 2.05) is 0 Å². The van der Waals surface area contributed by atoms with Gasteiger partial charge in [-0.1, -0.05) is 66.0 Å². The van der Waals surface area contributed by atoms with E-state index in [2.05, 4.69) is 5.32 Å². The molecule has 0 aromatic heterocycles. The van der Waals surface area contributed by atoms with Crippen molar-refractivity contribution in [3.8, 4) is 0 Å². The number of carbonyl (C=O) groups excluding carboxylic acids is 2. The molecular weight excluding hydrogens is 588 g/mol. The zero-order valence-corrected chi connectivity index (χ0v) is 24.3. The summed E-state index contributed by atoms with van der Waals surface area (Å²) in [7, 11) is -4.31. The van der Waals surface area contributed by atoms with E-state index in [0.717, 1.165) is 16.4 Å². The maximum atomic E-state index is 14.0. The first-order valence-corrected chi connectivity index (χ1v) is 14.6. The van der Waals surface area contributed by atoms with Crippen LogP contribution >= 0.6 is 34.8 Å². The molecule has 39 heavy (non-hydrogen) atoms. The molecule has 7 nitrogen and oxygen atoms in total. The van der Waals surface area contributed by atoms with Crippen LogP contribution < -0.4 is 9.62 Å². The van der Waals surface area contributed by atoms with Gasteiger partial charge >= 0.3 is 0 Å². The minimum atomic E-state index is -4.31. The van der Waals surface area contributed by atoms with E-state index in [4.69, 9.17) is 34.8 Å². The fourth-order valence-electron chi connectivity index (χ4n) is 3.95. The summed E-state index contributed by atoms with van der Waals surface area (Å²) < 4.78 is 42.2. The summed E-state index contributed by atoms with van der Waals surface area (Å²) in [5.41, 5.74) is 0.375. The summed E-state index contributed by atoms with van der Waals surface area (Å²) in [6.45, 7) is 2.93. The zero-order valence-electron chi connectivity index (χ0n) is 21.2. The number of amides is 2. The van der Waals surface area contributed by atoms with Gasteiger partial charge in [0.15, 0.2) is 0 Å². The molecule has 12 heteroatoms. The summed E-state index contributed by atoms with van der Waals surface area (Å²) >= 11 is 18.7. The second kappa shape index (κ2) is 13.5. The summed E-state index contributed by atoms with van der Waals surface area (Å²) in [5.74, 6) is -1.87. The number of carbonyl (C=O) groups is 2. The zero-order chi connectivity index (χ0) is 28.7. The van der Waals surface area contributed by atoms with Crippen molar-refractivity contribution in [1.29, 1.82) is 0 Å². The molecule has 0 spiro atoms. The SMILES string of the molecule is CCNC(=O)[C@@H](CC)N(Cc1c(Cl)cccc1Cl)C(=O)CN(c1ccc(F)c(Cl)c1)S(=O)(=O)c1ccccc1. The quantitative estimate of drug-likeness (QED) is 0.290. The van der Waals surface area contributed by atoms with Crippen LogP contribution in [-0.4, -0.2) is 44.3 Å². The van der Waals surface area contributed by atoms with Gasteiger partial charge in [0, 0.05) is 28.7 Å². The molecule has 3 aromatic rings. The first-order chi connectivity index (χ1) is 18.5. The maximum absolute atomic E-state index is 14.0. The lowest BCUT2D eigenvalue weighted by atomic mass is 10.1. The Morgan fingerprint density at radius 2 is 1.56 bits per heavy atom. The van der Waals surface area contributed by atoms with Gasteiger partial charge < -0.3 is 10.2 Å². The van der Waals surface area contributed by atoms with Gasteiger partial charge in [0.05, 0.1) is 15.6 Å². The molecule has 0 radical (unpaired) electrons. The van der Waals surface area contributed by atoms with Gasteiger partial charge in [-0.25, -0.2) is 12.8 Å². The molecule has 2 amide bonds. The monoisotopic (exact) mass is 613 g/mol. The average molecular weight is 615 g/mol. The fraction of sp³-hybridized carbons (Fsp3) is 0.259. The van der Waals surface area contributed by atoms with E-state index in [9.17, 15) is 22.4 Å². The molecule has 3 aromatic carbocycles. The van der Waals surface area contributed by atoms with Crippen molar-refractivity contribution >= 4 is 62.3 Å². The Morgan fingerprint density at radius 1 is 0.923 bits per heavy atom. The Kier molecular flexibility index (Phi) is 10.6. The van der Waals surface area contributed by atoms with Gasteiger partial charge in [0.1, 0.15) is 18.4 Å². The Balaban J connectivity index is 2.11. The van der Waals surface area contributed by atoms with Crippen molar-refractivity contribution in [2.75, 3.05) is 17.4 Å². The van der Waals surface area contributed by atoms with E-state index in [-0.39, 0.29) is 38.6 Å². The minimum absolute atomic E-state index is 0.0274. The van der Waals surface area contributed by atoms with Gasteiger partial charge in [0.25, 0.3) is 10.0 Å². The minimum Gasteiger partial charge on any atom is -0.355 e. The van der Waals surface area contributed by atoms with Crippen molar-refractivity contribution in [1.82, 2.24) is 10.2 Å². The molecule has 0 fully saturated rings. The van der Waals surface area contributed by atoms with Gasteiger partial charge in [-0.2, -0.15) is 0 Å². The predicted molar refractivity (Wildman–Crippen MR) is 152 cm³/mol. The number of anilines is 1. The lowest BCUT2D eigenvalue weighted by molar-refractivity contribution is -0.140. The van der Waals surface area contributed by atoms with Crippen molar-refractivity contribution in [3.63, 3.8) is 0 Å². The average Bonchev–Trinajstić information content (AvgIpc) is 2.91. The molecule has 3 rings (SSSR count). The molecule has 0 saturated carbocycles. The van der Waals surface area contributed by atoms with E-state index >= 15 is 0 Å². The lowest BCUT2D eigenvalue weighted by Crippen LogP contribution is -2.52. The second-order valence-electron chi connectivity index (χ2n) is 8.46. The lowest BCUT2D eigenvalue weighted by Gasteiger charge is -2.33. The summed E-state index contributed by atoms with van der Waals surface area (Å²) in [6, 6.07) is 14.7.